The number of halogens is 1. The third kappa shape index (κ3) is 5.04. The van der Waals surface area contributed by atoms with Gasteiger partial charge in [-0.2, -0.15) is 0 Å². The predicted octanol–water partition coefficient (Wildman–Crippen LogP) is 2.48. The lowest BCUT2D eigenvalue weighted by atomic mass is 10.1. The fourth-order valence-corrected chi connectivity index (χ4v) is 1.68. The summed E-state index contributed by atoms with van der Waals surface area (Å²) in [5.41, 5.74) is 5.97. The summed E-state index contributed by atoms with van der Waals surface area (Å²) in [6.07, 6.45) is 2.07. The molecule has 1 heterocycles. The Morgan fingerprint density at radius 1 is 1.53 bits per heavy atom. The van der Waals surface area contributed by atoms with E-state index >= 15 is 0 Å². The molecule has 0 atom stereocenters. The number of nitrogens with zero attached hydrogens (tertiary/aromatic N) is 1. The number of amides is 1. The minimum absolute atomic E-state index is 0.162. The van der Waals surface area contributed by atoms with Crippen LogP contribution in [0.5, 0.6) is 0 Å². The highest BCUT2D eigenvalue weighted by molar-refractivity contribution is 6.29. The van der Waals surface area contributed by atoms with E-state index in [1.165, 1.54) is 12.1 Å². The van der Waals surface area contributed by atoms with Gasteiger partial charge in [0.15, 0.2) is 0 Å². The molecule has 0 radical (unpaired) electrons. The minimum atomic E-state index is -0.162. The van der Waals surface area contributed by atoms with E-state index in [4.69, 9.17) is 17.3 Å². The number of rotatable bonds is 5. The number of hydrogen-bond acceptors (Lipinski definition) is 3. The smallest absolute Gasteiger partial charge is 0.251 e. The summed E-state index contributed by atoms with van der Waals surface area (Å²) in [5, 5.41) is 3.06. The van der Waals surface area contributed by atoms with E-state index in [1.54, 1.807) is 0 Å². The molecule has 0 saturated heterocycles. The van der Waals surface area contributed by atoms with Gasteiger partial charge in [0.2, 0.25) is 0 Å². The second-order valence-electron chi connectivity index (χ2n) is 4.40. The molecule has 0 bridgehead atoms. The van der Waals surface area contributed by atoms with Gasteiger partial charge < -0.3 is 11.1 Å². The molecule has 0 spiro atoms. The highest BCUT2D eigenvalue weighted by atomic mass is 35.5. The Labute approximate surface area is 107 Å². The van der Waals surface area contributed by atoms with E-state index in [0.29, 0.717) is 18.0 Å². The lowest BCUT2D eigenvalue weighted by molar-refractivity contribution is 0.0952. The number of anilines is 1. The van der Waals surface area contributed by atoms with E-state index in [1.807, 2.05) is 0 Å². The van der Waals surface area contributed by atoms with E-state index in [0.717, 1.165) is 12.8 Å². The van der Waals surface area contributed by atoms with Crippen LogP contribution >= 0.6 is 11.6 Å². The largest absolute Gasteiger partial charge is 0.384 e. The molecule has 0 aromatic carbocycles. The normalized spacial score (nSPS) is 10.6. The van der Waals surface area contributed by atoms with Crippen molar-refractivity contribution >= 4 is 23.3 Å². The maximum absolute atomic E-state index is 11.7. The molecule has 0 unspecified atom stereocenters. The molecule has 94 valence electrons. The molecule has 17 heavy (non-hydrogen) atoms. The Morgan fingerprint density at radius 2 is 2.24 bits per heavy atom. The highest BCUT2D eigenvalue weighted by Crippen LogP contribution is 2.12. The number of nitrogens with two attached hydrogens (primary N) is 1. The molecular formula is C12H18ClN3O. The fourth-order valence-electron chi connectivity index (χ4n) is 1.46. The van der Waals surface area contributed by atoms with Gasteiger partial charge in [0.05, 0.1) is 0 Å². The molecule has 1 aromatic rings. The standard InChI is InChI=1S/C12H18ClN3O/c1-8(2)4-3-5-15-12(17)9-6-10(13)16-11(14)7-9/h6-8H,3-5H2,1-2H3,(H2,14,16)(H,15,17). The zero-order valence-corrected chi connectivity index (χ0v) is 10.9. The van der Waals surface area contributed by atoms with Gasteiger partial charge in [0.1, 0.15) is 11.0 Å². The first-order chi connectivity index (χ1) is 7.99. The molecule has 0 fully saturated rings. The van der Waals surface area contributed by atoms with Gasteiger partial charge in [-0.15, -0.1) is 0 Å². The van der Waals surface area contributed by atoms with Crippen LogP contribution in [0.25, 0.3) is 0 Å². The molecule has 0 saturated carbocycles. The summed E-state index contributed by atoms with van der Waals surface area (Å²) in [6, 6.07) is 3.03. The number of nitrogens with one attached hydrogen (secondary N) is 1. The van der Waals surface area contributed by atoms with Crippen molar-refractivity contribution in [2.45, 2.75) is 26.7 Å². The number of carbonyl (C=O) groups excluding carboxylic acids is 1. The molecule has 1 rings (SSSR count). The molecule has 0 aliphatic rings. The Bertz CT molecular complexity index is 373. The number of aromatic nitrogens is 1. The van der Waals surface area contributed by atoms with Gasteiger partial charge in [-0.05, 0) is 30.9 Å². The number of hydrogen-bond donors (Lipinski definition) is 2. The Balaban J connectivity index is 2.47. The summed E-state index contributed by atoms with van der Waals surface area (Å²) >= 11 is 5.73. The zero-order valence-electron chi connectivity index (χ0n) is 10.2. The lowest BCUT2D eigenvalue weighted by Gasteiger charge is -2.07. The summed E-state index contributed by atoms with van der Waals surface area (Å²) in [6.45, 7) is 4.98. The number of nitrogen functional groups attached to an aromatic ring is 1. The average molecular weight is 256 g/mol. The molecule has 0 aliphatic heterocycles. The average Bonchev–Trinajstić information content (AvgIpc) is 2.22. The van der Waals surface area contributed by atoms with E-state index < -0.39 is 0 Å². The molecule has 4 nitrogen and oxygen atoms in total. The van der Waals surface area contributed by atoms with Crippen molar-refractivity contribution in [2.24, 2.45) is 5.92 Å². The first-order valence-electron chi connectivity index (χ1n) is 5.70. The maximum Gasteiger partial charge on any atom is 0.251 e. The van der Waals surface area contributed by atoms with Crippen molar-refractivity contribution in [3.8, 4) is 0 Å². The fraction of sp³-hybridized carbons (Fsp3) is 0.500. The monoisotopic (exact) mass is 255 g/mol. The van der Waals surface area contributed by atoms with Crippen LogP contribution in [-0.2, 0) is 0 Å². The van der Waals surface area contributed by atoms with Crippen LogP contribution in [0.2, 0.25) is 5.15 Å². The van der Waals surface area contributed by atoms with Gasteiger partial charge in [-0.1, -0.05) is 25.4 Å². The maximum atomic E-state index is 11.7. The molecule has 0 aliphatic carbocycles. The summed E-state index contributed by atoms with van der Waals surface area (Å²) < 4.78 is 0. The van der Waals surface area contributed by atoms with Crippen LogP contribution < -0.4 is 11.1 Å². The SMILES string of the molecule is CC(C)CCCNC(=O)c1cc(N)nc(Cl)c1. The topological polar surface area (TPSA) is 68.0 Å². The quantitative estimate of drug-likeness (QED) is 0.627. The van der Waals surface area contributed by atoms with E-state index in [9.17, 15) is 4.79 Å². The van der Waals surface area contributed by atoms with Crippen LogP contribution in [0.1, 0.15) is 37.0 Å². The second-order valence-corrected chi connectivity index (χ2v) is 4.78. The van der Waals surface area contributed by atoms with Gasteiger partial charge >= 0.3 is 0 Å². The second kappa shape index (κ2) is 6.45. The van der Waals surface area contributed by atoms with Crippen molar-refractivity contribution in [3.05, 3.63) is 22.8 Å². The third-order valence-corrected chi connectivity index (χ3v) is 2.51. The highest BCUT2D eigenvalue weighted by Gasteiger charge is 2.07. The number of pyridine rings is 1. The van der Waals surface area contributed by atoms with Gasteiger partial charge in [-0.25, -0.2) is 4.98 Å². The van der Waals surface area contributed by atoms with Crippen molar-refractivity contribution in [1.29, 1.82) is 0 Å². The minimum Gasteiger partial charge on any atom is -0.384 e. The molecular weight excluding hydrogens is 238 g/mol. The van der Waals surface area contributed by atoms with Gasteiger partial charge in [0, 0.05) is 12.1 Å². The molecule has 1 aromatic heterocycles. The van der Waals surface area contributed by atoms with Crippen LogP contribution in [0, 0.1) is 5.92 Å². The van der Waals surface area contributed by atoms with E-state index in [2.05, 4.69) is 24.1 Å². The Morgan fingerprint density at radius 3 is 2.82 bits per heavy atom. The number of carbonyl (C=O) groups is 1. The Hall–Kier alpha value is -1.29. The van der Waals surface area contributed by atoms with Gasteiger partial charge in [0.25, 0.3) is 5.91 Å². The Kier molecular flexibility index (Phi) is 5.22. The first-order valence-corrected chi connectivity index (χ1v) is 6.08. The molecule has 5 heteroatoms. The van der Waals surface area contributed by atoms with Crippen LogP contribution in [-0.4, -0.2) is 17.4 Å². The third-order valence-electron chi connectivity index (χ3n) is 2.32. The molecule has 1 amide bonds. The van der Waals surface area contributed by atoms with Crippen molar-refractivity contribution in [2.75, 3.05) is 12.3 Å². The summed E-state index contributed by atoms with van der Waals surface area (Å²) in [7, 11) is 0. The van der Waals surface area contributed by atoms with Crippen molar-refractivity contribution < 1.29 is 4.79 Å². The first kappa shape index (κ1) is 13.8. The van der Waals surface area contributed by atoms with Crippen molar-refractivity contribution in [1.82, 2.24) is 10.3 Å². The summed E-state index contributed by atoms with van der Waals surface area (Å²) in [5.74, 6) is 0.743. The predicted molar refractivity (Wildman–Crippen MR) is 70.1 cm³/mol. The van der Waals surface area contributed by atoms with E-state index in [-0.39, 0.29) is 16.9 Å². The van der Waals surface area contributed by atoms with Crippen LogP contribution in [0.4, 0.5) is 5.82 Å². The molecule has 3 N–H and O–H groups in total. The zero-order chi connectivity index (χ0) is 12.8. The van der Waals surface area contributed by atoms with Crippen molar-refractivity contribution in [3.63, 3.8) is 0 Å². The van der Waals surface area contributed by atoms with Crippen LogP contribution in [0.3, 0.4) is 0 Å². The summed E-state index contributed by atoms with van der Waals surface area (Å²) in [4.78, 5) is 15.5. The van der Waals surface area contributed by atoms with Gasteiger partial charge in [-0.3, -0.25) is 4.79 Å². The van der Waals surface area contributed by atoms with Crippen LogP contribution in [0.15, 0.2) is 12.1 Å². The lowest BCUT2D eigenvalue weighted by Crippen LogP contribution is -2.24.